The van der Waals surface area contributed by atoms with Crippen molar-refractivity contribution in [2.45, 2.75) is 168 Å². The molecule has 3 rings (SSSR count). The molecule has 3 aromatic carbocycles. The average Bonchev–Trinajstić information content (AvgIpc) is 3.13. The maximum atomic E-state index is 6.21. The Kier molecular flexibility index (Phi) is 21.8. The fourth-order valence-electron chi connectivity index (χ4n) is 6.73. The van der Waals surface area contributed by atoms with E-state index < -0.39 is 0 Å². The lowest BCUT2D eigenvalue weighted by Gasteiger charge is -2.15. The van der Waals surface area contributed by atoms with Gasteiger partial charge in [0.2, 0.25) is 0 Å². The van der Waals surface area contributed by atoms with Gasteiger partial charge in [-0.3, -0.25) is 0 Å². The third kappa shape index (κ3) is 16.7. The van der Waals surface area contributed by atoms with Gasteiger partial charge in [-0.2, -0.15) is 0 Å². The van der Waals surface area contributed by atoms with Crippen molar-refractivity contribution in [3.05, 3.63) is 78.4 Å². The fraction of sp³-hybridized carbons (Fsp3) is 0.609. The summed E-state index contributed by atoms with van der Waals surface area (Å²) < 4.78 is 12.3. The Morgan fingerprint density at radius 2 is 0.792 bits per heavy atom. The largest absolute Gasteiger partial charge is 0.494 e. The Morgan fingerprint density at radius 1 is 0.417 bits per heavy atom. The van der Waals surface area contributed by atoms with E-state index >= 15 is 0 Å². The van der Waals surface area contributed by atoms with Crippen LogP contribution >= 0.6 is 0 Å². The highest BCUT2D eigenvalue weighted by Gasteiger charge is 2.10. The lowest BCUT2D eigenvalue weighted by Crippen LogP contribution is -2.02. The predicted octanol–water partition coefficient (Wildman–Crippen LogP) is 15.1. The summed E-state index contributed by atoms with van der Waals surface area (Å²) in [7, 11) is 0. The first-order valence-corrected chi connectivity index (χ1v) is 20.3. The first-order chi connectivity index (χ1) is 23.7. The van der Waals surface area contributed by atoms with Crippen LogP contribution in [0.3, 0.4) is 0 Å². The minimum absolute atomic E-state index is 0.121. The van der Waals surface area contributed by atoms with E-state index in [0.717, 1.165) is 31.8 Å². The van der Waals surface area contributed by atoms with Crippen LogP contribution in [0.15, 0.2) is 72.8 Å². The monoisotopic (exact) mass is 655 g/mol. The topological polar surface area (TPSA) is 18.5 Å². The first-order valence-electron chi connectivity index (χ1n) is 20.3. The Bertz CT molecular complexity index is 1170. The molecule has 0 aromatic heterocycles. The van der Waals surface area contributed by atoms with Crippen LogP contribution in [-0.4, -0.2) is 13.2 Å². The maximum Gasteiger partial charge on any atom is 0.119 e. The summed E-state index contributed by atoms with van der Waals surface area (Å²) in [4.78, 5) is 0. The molecular formula is C46H70O2. The van der Waals surface area contributed by atoms with E-state index in [0.29, 0.717) is 0 Å². The number of rotatable bonds is 29. The van der Waals surface area contributed by atoms with Crippen LogP contribution in [0.1, 0.15) is 174 Å². The van der Waals surface area contributed by atoms with E-state index in [9.17, 15) is 0 Å². The number of unbranched alkanes of at least 4 members (excludes halogenated alkanes) is 20. The zero-order valence-electron chi connectivity index (χ0n) is 31.3. The maximum absolute atomic E-state index is 6.21. The molecule has 1 unspecified atom stereocenters. The highest BCUT2D eigenvalue weighted by Crippen LogP contribution is 2.34. The standard InChI is InChI=1S/C46H70O2/c1-4-6-8-10-12-14-15-16-17-19-21-23-27-39-48-44-36-34-43(35-37-44)46-29-25-24-28-45(46)42-32-30-41(31-33-42)40(3)47-38-26-22-20-18-13-11-9-7-5-2/h24-25,28-37,40H,4-23,26-27,38-39H2,1-3H3. The van der Waals surface area contributed by atoms with Crippen LogP contribution in [0.4, 0.5) is 0 Å². The highest BCUT2D eigenvalue weighted by molar-refractivity contribution is 5.83. The van der Waals surface area contributed by atoms with Crippen molar-refractivity contribution in [3.8, 4) is 28.0 Å². The summed E-state index contributed by atoms with van der Waals surface area (Å²) in [6.45, 7) is 8.41. The van der Waals surface area contributed by atoms with Crippen molar-refractivity contribution in [2.24, 2.45) is 0 Å². The van der Waals surface area contributed by atoms with E-state index in [4.69, 9.17) is 9.47 Å². The molecule has 0 amide bonds. The fourth-order valence-corrected chi connectivity index (χ4v) is 6.73. The summed E-state index contributed by atoms with van der Waals surface area (Å²) in [5.74, 6) is 0.968. The van der Waals surface area contributed by atoms with E-state index in [2.05, 4.69) is 93.6 Å². The number of hydrogen-bond acceptors (Lipinski definition) is 2. The smallest absolute Gasteiger partial charge is 0.119 e. The lowest BCUT2D eigenvalue weighted by molar-refractivity contribution is 0.0627. The van der Waals surface area contributed by atoms with Crippen molar-refractivity contribution >= 4 is 0 Å². The molecule has 0 bridgehead atoms. The molecule has 0 fully saturated rings. The molecule has 0 saturated carbocycles. The van der Waals surface area contributed by atoms with Gasteiger partial charge in [0.15, 0.2) is 0 Å². The van der Waals surface area contributed by atoms with Crippen molar-refractivity contribution in [1.82, 2.24) is 0 Å². The van der Waals surface area contributed by atoms with Gasteiger partial charge in [0.25, 0.3) is 0 Å². The molecule has 48 heavy (non-hydrogen) atoms. The van der Waals surface area contributed by atoms with Crippen LogP contribution in [0.2, 0.25) is 0 Å². The van der Waals surface area contributed by atoms with Crippen molar-refractivity contribution < 1.29 is 9.47 Å². The van der Waals surface area contributed by atoms with Crippen molar-refractivity contribution in [3.63, 3.8) is 0 Å². The molecular weight excluding hydrogens is 585 g/mol. The van der Waals surface area contributed by atoms with Crippen LogP contribution < -0.4 is 4.74 Å². The van der Waals surface area contributed by atoms with Crippen molar-refractivity contribution in [2.75, 3.05) is 13.2 Å². The summed E-state index contributed by atoms with van der Waals surface area (Å²) >= 11 is 0. The van der Waals surface area contributed by atoms with Gasteiger partial charge in [-0.15, -0.1) is 0 Å². The summed E-state index contributed by atoms with van der Waals surface area (Å²) in [6, 6.07) is 26.4. The zero-order valence-corrected chi connectivity index (χ0v) is 31.3. The predicted molar refractivity (Wildman–Crippen MR) is 210 cm³/mol. The third-order valence-electron chi connectivity index (χ3n) is 9.92. The molecule has 2 nitrogen and oxygen atoms in total. The molecule has 1 atom stereocenters. The van der Waals surface area contributed by atoms with Crippen molar-refractivity contribution in [1.29, 1.82) is 0 Å². The molecule has 0 radical (unpaired) electrons. The molecule has 0 N–H and O–H groups in total. The lowest BCUT2D eigenvalue weighted by atomic mass is 9.94. The minimum atomic E-state index is 0.121. The van der Waals surface area contributed by atoms with Gasteiger partial charge in [-0.25, -0.2) is 0 Å². The summed E-state index contributed by atoms with van der Waals surface area (Å²) in [5.41, 5.74) is 6.22. The van der Waals surface area contributed by atoms with E-state index in [1.807, 2.05) is 0 Å². The first kappa shape index (κ1) is 39.9. The van der Waals surface area contributed by atoms with Crippen LogP contribution in [-0.2, 0) is 4.74 Å². The molecule has 0 aliphatic heterocycles. The second-order valence-electron chi connectivity index (χ2n) is 14.1. The van der Waals surface area contributed by atoms with Gasteiger partial charge in [-0.05, 0) is 59.7 Å². The Labute approximate surface area is 296 Å². The van der Waals surface area contributed by atoms with Gasteiger partial charge in [0, 0.05) is 6.61 Å². The average molecular weight is 655 g/mol. The summed E-state index contributed by atoms with van der Waals surface area (Å²) in [5, 5.41) is 0. The van der Waals surface area contributed by atoms with Crippen LogP contribution in [0.25, 0.3) is 22.3 Å². The minimum Gasteiger partial charge on any atom is -0.494 e. The zero-order chi connectivity index (χ0) is 33.9. The molecule has 0 spiro atoms. The van der Waals surface area contributed by atoms with Gasteiger partial charge in [0.05, 0.1) is 12.7 Å². The van der Waals surface area contributed by atoms with Gasteiger partial charge >= 0.3 is 0 Å². The van der Waals surface area contributed by atoms with Crippen LogP contribution in [0, 0.1) is 0 Å². The number of benzene rings is 3. The SMILES string of the molecule is CCCCCCCCCCCCCCCOc1ccc(-c2ccccc2-c2ccc(C(C)OCCCCCCCCCCC)cc2)cc1. The molecule has 3 aromatic rings. The quantitative estimate of drug-likeness (QED) is 0.0694. The molecule has 0 heterocycles. The Balaban J connectivity index is 1.33. The Hall–Kier alpha value is -2.58. The van der Waals surface area contributed by atoms with Crippen LogP contribution in [0.5, 0.6) is 5.75 Å². The highest BCUT2D eigenvalue weighted by atomic mass is 16.5. The van der Waals surface area contributed by atoms with E-state index in [1.165, 1.54) is 156 Å². The molecule has 0 saturated heterocycles. The number of ether oxygens (including phenoxy) is 2. The van der Waals surface area contributed by atoms with E-state index in [-0.39, 0.29) is 6.10 Å². The second kappa shape index (κ2) is 26.3. The normalized spacial score (nSPS) is 12.0. The molecule has 0 aliphatic carbocycles. The van der Waals surface area contributed by atoms with Gasteiger partial charge in [0.1, 0.15) is 5.75 Å². The Morgan fingerprint density at radius 3 is 1.23 bits per heavy atom. The number of hydrogen-bond donors (Lipinski definition) is 0. The second-order valence-corrected chi connectivity index (χ2v) is 14.1. The summed E-state index contributed by atoms with van der Waals surface area (Å²) in [6.07, 6.45) is 30.1. The van der Waals surface area contributed by atoms with Gasteiger partial charge < -0.3 is 9.47 Å². The van der Waals surface area contributed by atoms with Gasteiger partial charge in [-0.1, -0.05) is 203 Å². The molecule has 266 valence electrons. The third-order valence-corrected chi connectivity index (χ3v) is 9.92. The van der Waals surface area contributed by atoms with E-state index in [1.54, 1.807) is 0 Å². The molecule has 2 heteroatoms. The molecule has 0 aliphatic rings.